The van der Waals surface area contributed by atoms with Crippen LogP contribution in [0.3, 0.4) is 0 Å². The Morgan fingerprint density at radius 2 is 1.86 bits per heavy atom. The van der Waals surface area contributed by atoms with Gasteiger partial charge in [0.25, 0.3) is 0 Å². The highest BCUT2D eigenvalue weighted by molar-refractivity contribution is 7.89. The van der Waals surface area contributed by atoms with E-state index in [1.165, 1.54) is 0 Å². The number of nitrogens with two attached hydrogens (primary N) is 1. The van der Waals surface area contributed by atoms with Crippen LogP contribution in [0.1, 0.15) is 25.8 Å². The maximum atomic E-state index is 12.3. The summed E-state index contributed by atoms with van der Waals surface area (Å²) in [4.78, 5) is 0.283. The molecule has 5 nitrogen and oxygen atoms in total. The molecule has 0 aliphatic carbocycles. The van der Waals surface area contributed by atoms with Crippen molar-refractivity contribution in [2.75, 3.05) is 26.8 Å². The molecule has 0 bridgehead atoms. The monoisotopic (exact) mass is 314 g/mol. The Kier molecular flexibility index (Phi) is 6.80. The summed E-state index contributed by atoms with van der Waals surface area (Å²) in [5.41, 5.74) is 6.37. The van der Waals surface area contributed by atoms with Crippen molar-refractivity contribution in [3.05, 3.63) is 29.8 Å². The highest BCUT2D eigenvalue weighted by Crippen LogP contribution is 2.20. The van der Waals surface area contributed by atoms with Gasteiger partial charge in [0.15, 0.2) is 0 Å². The molecular formula is C15H26N2O3S. The predicted octanol–water partition coefficient (Wildman–Crippen LogP) is 1.53. The Balaban J connectivity index is 2.68. The van der Waals surface area contributed by atoms with Gasteiger partial charge in [-0.1, -0.05) is 26.0 Å². The van der Waals surface area contributed by atoms with Crippen molar-refractivity contribution < 1.29 is 13.2 Å². The third kappa shape index (κ3) is 6.13. The molecule has 0 atom stereocenters. The van der Waals surface area contributed by atoms with E-state index in [0.717, 1.165) is 18.4 Å². The maximum Gasteiger partial charge on any atom is 0.240 e. The summed E-state index contributed by atoms with van der Waals surface area (Å²) < 4.78 is 32.2. The number of ether oxygens (including phenoxy) is 1. The first-order valence-electron chi connectivity index (χ1n) is 7.08. The van der Waals surface area contributed by atoms with Crippen molar-refractivity contribution >= 4 is 10.0 Å². The highest BCUT2D eigenvalue weighted by atomic mass is 32.2. The molecule has 0 fully saturated rings. The minimum absolute atomic E-state index is 0.150. The lowest BCUT2D eigenvalue weighted by Crippen LogP contribution is -2.34. The van der Waals surface area contributed by atoms with Crippen LogP contribution >= 0.6 is 0 Å². The van der Waals surface area contributed by atoms with E-state index in [0.29, 0.717) is 19.7 Å². The Morgan fingerprint density at radius 1 is 1.24 bits per heavy atom. The third-order valence-corrected chi connectivity index (χ3v) is 4.81. The molecule has 0 spiro atoms. The van der Waals surface area contributed by atoms with Gasteiger partial charge in [0, 0.05) is 20.3 Å². The summed E-state index contributed by atoms with van der Waals surface area (Å²) in [6.45, 7) is 5.57. The molecule has 0 aliphatic heterocycles. The molecule has 120 valence electrons. The molecule has 0 amide bonds. The standard InChI is InChI=1S/C15H26N2O3S/c1-15(2,9-11-20-3)12-17-21(18,19)14-6-4-13(5-7-14)8-10-16/h4-7,17H,8-12,16H2,1-3H3. The van der Waals surface area contributed by atoms with Crippen molar-refractivity contribution in [3.8, 4) is 0 Å². The third-order valence-electron chi connectivity index (χ3n) is 3.39. The minimum atomic E-state index is -3.47. The smallest absolute Gasteiger partial charge is 0.240 e. The van der Waals surface area contributed by atoms with Crippen LogP contribution in [0.25, 0.3) is 0 Å². The second-order valence-electron chi connectivity index (χ2n) is 5.91. The summed E-state index contributed by atoms with van der Waals surface area (Å²) in [5.74, 6) is 0. The molecule has 1 aromatic carbocycles. The van der Waals surface area contributed by atoms with Crippen molar-refractivity contribution in [3.63, 3.8) is 0 Å². The van der Waals surface area contributed by atoms with Gasteiger partial charge in [-0.15, -0.1) is 0 Å². The molecule has 1 rings (SSSR count). The molecule has 1 aromatic rings. The number of benzene rings is 1. The van der Waals surface area contributed by atoms with Gasteiger partial charge in [-0.2, -0.15) is 0 Å². The quantitative estimate of drug-likeness (QED) is 0.724. The van der Waals surface area contributed by atoms with E-state index in [9.17, 15) is 8.42 Å². The largest absolute Gasteiger partial charge is 0.385 e. The molecule has 0 aliphatic rings. The van der Waals surface area contributed by atoms with Gasteiger partial charge in [0.05, 0.1) is 4.90 Å². The molecule has 0 unspecified atom stereocenters. The van der Waals surface area contributed by atoms with E-state index >= 15 is 0 Å². The van der Waals surface area contributed by atoms with Crippen LogP contribution in [0.15, 0.2) is 29.2 Å². The first-order valence-corrected chi connectivity index (χ1v) is 8.57. The van der Waals surface area contributed by atoms with Crippen molar-refractivity contribution in [1.29, 1.82) is 0 Å². The van der Waals surface area contributed by atoms with Gasteiger partial charge in [-0.3, -0.25) is 0 Å². The number of hydrogen-bond donors (Lipinski definition) is 2. The van der Waals surface area contributed by atoms with E-state index in [1.807, 2.05) is 13.8 Å². The van der Waals surface area contributed by atoms with Gasteiger partial charge in [-0.05, 0) is 42.5 Å². The van der Waals surface area contributed by atoms with E-state index in [2.05, 4.69) is 4.72 Å². The Labute approximate surface area is 127 Å². The molecule has 0 saturated heterocycles. The molecule has 6 heteroatoms. The van der Waals surface area contributed by atoms with Gasteiger partial charge in [-0.25, -0.2) is 13.1 Å². The number of hydrogen-bond acceptors (Lipinski definition) is 4. The van der Waals surface area contributed by atoms with Gasteiger partial charge >= 0.3 is 0 Å². The van der Waals surface area contributed by atoms with Crippen LogP contribution in [0.5, 0.6) is 0 Å². The van der Waals surface area contributed by atoms with Crippen LogP contribution in [-0.4, -0.2) is 35.2 Å². The van der Waals surface area contributed by atoms with E-state index < -0.39 is 10.0 Å². The molecule has 0 heterocycles. The number of rotatable bonds is 9. The lowest BCUT2D eigenvalue weighted by molar-refractivity contribution is 0.153. The Bertz CT molecular complexity index is 524. The normalized spacial score (nSPS) is 12.6. The first-order chi connectivity index (χ1) is 9.80. The Morgan fingerprint density at radius 3 is 2.38 bits per heavy atom. The lowest BCUT2D eigenvalue weighted by Gasteiger charge is -2.24. The number of nitrogens with one attached hydrogen (secondary N) is 1. The second kappa shape index (κ2) is 7.89. The average molecular weight is 314 g/mol. The first kappa shape index (κ1) is 18.1. The minimum Gasteiger partial charge on any atom is -0.385 e. The maximum absolute atomic E-state index is 12.3. The van der Waals surface area contributed by atoms with Crippen molar-refractivity contribution in [2.24, 2.45) is 11.1 Å². The zero-order valence-corrected chi connectivity index (χ0v) is 13.9. The van der Waals surface area contributed by atoms with Crippen molar-refractivity contribution in [1.82, 2.24) is 4.72 Å². The van der Waals surface area contributed by atoms with Crippen LogP contribution in [0, 0.1) is 5.41 Å². The number of sulfonamides is 1. The highest BCUT2D eigenvalue weighted by Gasteiger charge is 2.22. The summed E-state index contributed by atoms with van der Waals surface area (Å²) in [6.07, 6.45) is 1.54. The fourth-order valence-corrected chi connectivity index (χ4v) is 3.08. The van der Waals surface area contributed by atoms with Gasteiger partial charge < -0.3 is 10.5 Å². The van der Waals surface area contributed by atoms with E-state index in [4.69, 9.17) is 10.5 Å². The number of methoxy groups -OCH3 is 1. The average Bonchev–Trinajstić information content (AvgIpc) is 2.44. The van der Waals surface area contributed by atoms with Gasteiger partial charge in [0.2, 0.25) is 10.0 Å². The molecule has 3 N–H and O–H groups in total. The second-order valence-corrected chi connectivity index (χ2v) is 7.68. The fourth-order valence-electron chi connectivity index (χ4n) is 1.84. The lowest BCUT2D eigenvalue weighted by atomic mass is 9.90. The molecular weight excluding hydrogens is 288 g/mol. The molecule has 21 heavy (non-hydrogen) atoms. The predicted molar refractivity (Wildman–Crippen MR) is 84.7 cm³/mol. The van der Waals surface area contributed by atoms with Crippen LogP contribution in [0.2, 0.25) is 0 Å². The zero-order chi connectivity index (χ0) is 15.9. The Hall–Kier alpha value is -0.950. The molecule has 0 saturated carbocycles. The summed E-state index contributed by atoms with van der Waals surface area (Å²) in [7, 11) is -1.83. The summed E-state index contributed by atoms with van der Waals surface area (Å²) in [6, 6.07) is 6.85. The van der Waals surface area contributed by atoms with Crippen LogP contribution < -0.4 is 10.5 Å². The summed E-state index contributed by atoms with van der Waals surface area (Å²) in [5, 5.41) is 0. The van der Waals surface area contributed by atoms with Crippen LogP contribution in [-0.2, 0) is 21.2 Å². The SMILES string of the molecule is COCCC(C)(C)CNS(=O)(=O)c1ccc(CCN)cc1. The molecule has 0 radical (unpaired) electrons. The zero-order valence-electron chi connectivity index (χ0n) is 13.1. The fraction of sp³-hybridized carbons (Fsp3) is 0.600. The van der Waals surface area contributed by atoms with Crippen LogP contribution in [0.4, 0.5) is 0 Å². The molecule has 0 aromatic heterocycles. The summed E-state index contributed by atoms with van der Waals surface area (Å²) >= 11 is 0. The van der Waals surface area contributed by atoms with Gasteiger partial charge in [0.1, 0.15) is 0 Å². The van der Waals surface area contributed by atoms with Crippen molar-refractivity contribution in [2.45, 2.75) is 31.6 Å². The van der Waals surface area contributed by atoms with E-state index in [1.54, 1.807) is 31.4 Å². The topological polar surface area (TPSA) is 81.4 Å². The van der Waals surface area contributed by atoms with E-state index in [-0.39, 0.29) is 10.3 Å².